The van der Waals surface area contributed by atoms with Crippen molar-refractivity contribution in [3.05, 3.63) is 83.5 Å². The monoisotopic (exact) mass is 364 g/mol. The fraction of sp³-hybridized carbons (Fsp3) is 0.364. The third kappa shape index (κ3) is 4.08. The second-order valence-electron chi connectivity index (χ2n) is 7.12. The molecule has 0 saturated carbocycles. The number of benzene rings is 1. The van der Waals surface area contributed by atoms with Gasteiger partial charge in [-0.1, -0.05) is 18.2 Å². The van der Waals surface area contributed by atoms with Gasteiger partial charge in [0.15, 0.2) is 0 Å². The molecule has 5 heteroatoms. The number of nitrogens with zero attached hydrogens (tertiary/aromatic N) is 4. The molecule has 1 atom stereocenters. The van der Waals surface area contributed by atoms with E-state index in [-0.39, 0.29) is 5.82 Å². The Kier molecular flexibility index (Phi) is 5.30. The number of likely N-dealkylation sites (tertiary alicyclic amines) is 1. The van der Waals surface area contributed by atoms with Gasteiger partial charge in [-0.3, -0.25) is 9.88 Å². The van der Waals surface area contributed by atoms with Crippen LogP contribution in [0.3, 0.4) is 0 Å². The molecule has 0 amide bonds. The van der Waals surface area contributed by atoms with Crippen molar-refractivity contribution in [1.82, 2.24) is 19.4 Å². The summed E-state index contributed by atoms with van der Waals surface area (Å²) in [6.07, 6.45) is 6.95. The van der Waals surface area contributed by atoms with Crippen molar-refractivity contribution < 1.29 is 4.39 Å². The Bertz CT molecular complexity index is 887. The Balaban J connectivity index is 1.51. The second-order valence-corrected chi connectivity index (χ2v) is 7.12. The van der Waals surface area contributed by atoms with E-state index < -0.39 is 0 Å². The van der Waals surface area contributed by atoms with Crippen LogP contribution in [-0.2, 0) is 19.5 Å². The van der Waals surface area contributed by atoms with Crippen molar-refractivity contribution in [2.45, 2.75) is 45.3 Å². The van der Waals surface area contributed by atoms with Gasteiger partial charge in [0.25, 0.3) is 0 Å². The van der Waals surface area contributed by atoms with Crippen molar-refractivity contribution in [3.63, 3.8) is 0 Å². The number of hydrogen-bond acceptors (Lipinski definition) is 3. The van der Waals surface area contributed by atoms with E-state index in [0.717, 1.165) is 55.3 Å². The molecule has 27 heavy (non-hydrogen) atoms. The smallest absolute Gasteiger partial charge is 0.123 e. The number of aryl methyl sites for hydroxylation is 1. The predicted molar refractivity (Wildman–Crippen MR) is 104 cm³/mol. The highest BCUT2D eigenvalue weighted by Crippen LogP contribution is 2.32. The lowest BCUT2D eigenvalue weighted by Gasteiger charge is -2.24. The molecular weight excluding hydrogens is 339 g/mol. The van der Waals surface area contributed by atoms with Crippen LogP contribution in [0.15, 0.2) is 54.9 Å². The quantitative estimate of drug-likeness (QED) is 0.651. The summed E-state index contributed by atoms with van der Waals surface area (Å²) < 4.78 is 15.3. The molecule has 1 aliphatic heterocycles. The number of hydrogen-bond donors (Lipinski definition) is 0. The molecule has 1 unspecified atom stereocenters. The average Bonchev–Trinajstić information content (AvgIpc) is 3.33. The minimum Gasteiger partial charge on any atom is -0.334 e. The van der Waals surface area contributed by atoms with Gasteiger partial charge >= 0.3 is 0 Å². The van der Waals surface area contributed by atoms with E-state index in [9.17, 15) is 4.39 Å². The van der Waals surface area contributed by atoms with Gasteiger partial charge in [-0.2, -0.15) is 0 Å². The third-order valence-corrected chi connectivity index (χ3v) is 5.32. The van der Waals surface area contributed by atoms with Crippen LogP contribution in [0.2, 0.25) is 0 Å². The van der Waals surface area contributed by atoms with Crippen LogP contribution in [0.4, 0.5) is 4.39 Å². The molecular formula is C22H25FN4. The van der Waals surface area contributed by atoms with Crippen molar-refractivity contribution in [2.75, 3.05) is 6.54 Å². The fourth-order valence-corrected chi connectivity index (χ4v) is 3.91. The van der Waals surface area contributed by atoms with Gasteiger partial charge < -0.3 is 4.57 Å². The van der Waals surface area contributed by atoms with Crippen LogP contribution in [-0.4, -0.2) is 26.0 Å². The SMILES string of the molecule is CCn1ccnc1CN1CCCC1c1cccc(Cc2ccc(F)cc2)n1. The van der Waals surface area contributed by atoms with E-state index in [4.69, 9.17) is 4.98 Å². The van der Waals surface area contributed by atoms with Gasteiger partial charge in [0.05, 0.1) is 18.3 Å². The summed E-state index contributed by atoms with van der Waals surface area (Å²) >= 11 is 0. The molecule has 3 heterocycles. The normalized spacial score (nSPS) is 17.5. The molecule has 4 rings (SSSR count). The van der Waals surface area contributed by atoms with Crippen LogP contribution < -0.4 is 0 Å². The molecule has 140 valence electrons. The average molecular weight is 364 g/mol. The topological polar surface area (TPSA) is 34.0 Å². The highest BCUT2D eigenvalue weighted by atomic mass is 19.1. The largest absolute Gasteiger partial charge is 0.334 e. The summed E-state index contributed by atoms with van der Waals surface area (Å²) in [7, 11) is 0. The first-order chi connectivity index (χ1) is 13.2. The van der Waals surface area contributed by atoms with Gasteiger partial charge in [0, 0.05) is 31.1 Å². The van der Waals surface area contributed by atoms with Crippen molar-refractivity contribution >= 4 is 0 Å². The first kappa shape index (κ1) is 17.9. The number of imidazole rings is 1. The minimum absolute atomic E-state index is 0.201. The summed E-state index contributed by atoms with van der Waals surface area (Å²) in [6, 6.07) is 13.3. The molecule has 4 nitrogen and oxygen atoms in total. The highest BCUT2D eigenvalue weighted by molar-refractivity contribution is 5.24. The molecule has 0 aliphatic carbocycles. The fourth-order valence-electron chi connectivity index (χ4n) is 3.91. The molecule has 1 fully saturated rings. The summed E-state index contributed by atoms with van der Waals surface area (Å²) in [6.45, 7) is 5.02. The predicted octanol–water partition coefficient (Wildman–Crippen LogP) is 4.37. The van der Waals surface area contributed by atoms with Crippen LogP contribution in [0.5, 0.6) is 0 Å². The number of halogens is 1. The number of pyridine rings is 1. The highest BCUT2D eigenvalue weighted by Gasteiger charge is 2.28. The number of aromatic nitrogens is 3. The standard InChI is InChI=1S/C22H25FN4/c1-2-26-14-12-24-22(26)16-27-13-4-7-21(27)20-6-3-5-19(25-20)15-17-8-10-18(23)11-9-17/h3,5-6,8-12,14,21H,2,4,7,13,15-16H2,1H3. The zero-order valence-electron chi connectivity index (χ0n) is 15.7. The molecule has 1 saturated heterocycles. The summed E-state index contributed by atoms with van der Waals surface area (Å²) in [5, 5.41) is 0. The maximum Gasteiger partial charge on any atom is 0.123 e. The minimum atomic E-state index is -0.201. The lowest BCUT2D eigenvalue weighted by molar-refractivity contribution is 0.235. The Morgan fingerprint density at radius 1 is 1.15 bits per heavy atom. The van der Waals surface area contributed by atoms with Crippen LogP contribution in [0.25, 0.3) is 0 Å². The maximum absolute atomic E-state index is 13.1. The Morgan fingerprint density at radius 3 is 2.81 bits per heavy atom. The van der Waals surface area contributed by atoms with Gasteiger partial charge in [-0.05, 0) is 56.1 Å². The number of rotatable bonds is 6. The molecule has 1 aliphatic rings. The summed E-state index contributed by atoms with van der Waals surface area (Å²) in [5.41, 5.74) is 3.23. The molecule has 0 radical (unpaired) electrons. The summed E-state index contributed by atoms with van der Waals surface area (Å²) in [5.74, 6) is 0.916. The van der Waals surface area contributed by atoms with Crippen molar-refractivity contribution in [1.29, 1.82) is 0 Å². The van der Waals surface area contributed by atoms with Gasteiger partial charge in [0.1, 0.15) is 11.6 Å². The van der Waals surface area contributed by atoms with Crippen LogP contribution in [0, 0.1) is 5.82 Å². The van der Waals surface area contributed by atoms with E-state index in [1.165, 1.54) is 18.6 Å². The molecule has 1 aromatic carbocycles. The van der Waals surface area contributed by atoms with Gasteiger partial charge in [0.2, 0.25) is 0 Å². The van der Waals surface area contributed by atoms with Gasteiger partial charge in [-0.25, -0.2) is 9.37 Å². The molecule has 0 N–H and O–H groups in total. The maximum atomic E-state index is 13.1. The van der Waals surface area contributed by atoms with Crippen LogP contribution >= 0.6 is 0 Å². The van der Waals surface area contributed by atoms with E-state index in [1.54, 1.807) is 0 Å². The third-order valence-electron chi connectivity index (χ3n) is 5.32. The lowest BCUT2D eigenvalue weighted by atomic mass is 10.1. The first-order valence-corrected chi connectivity index (χ1v) is 9.67. The Morgan fingerprint density at radius 2 is 2.00 bits per heavy atom. The van der Waals surface area contributed by atoms with E-state index in [2.05, 4.69) is 39.6 Å². The Labute approximate surface area is 159 Å². The zero-order chi connectivity index (χ0) is 18.6. The van der Waals surface area contributed by atoms with Crippen LogP contribution in [0.1, 0.15) is 48.6 Å². The first-order valence-electron chi connectivity index (χ1n) is 9.67. The van der Waals surface area contributed by atoms with E-state index >= 15 is 0 Å². The second kappa shape index (κ2) is 8.01. The molecule has 2 aromatic heterocycles. The molecule has 0 bridgehead atoms. The molecule has 0 spiro atoms. The summed E-state index contributed by atoms with van der Waals surface area (Å²) in [4.78, 5) is 11.9. The van der Waals surface area contributed by atoms with E-state index in [1.807, 2.05) is 24.5 Å². The zero-order valence-corrected chi connectivity index (χ0v) is 15.7. The van der Waals surface area contributed by atoms with E-state index in [0.29, 0.717) is 6.04 Å². The van der Waals surface area contributed by atoms with Crippen molar-refractivity contribution in [2.24, 2.45) is 0 Å². The lowest BCUT2D eigenvalue weighted by Crippen LogP contribution is -2.25. The van der Waals surface area contributed by atoms with Gasteiger partial charge in [-0.15, -0.1) is 0 Å². The Hall–Kier alpha value is -2.53. The van der Waals surface area contributed by atoms with Crippen molar-refractivity contribution in [3.8, 4) is 0 Å². The molecule has 3 aromatic rings.